The first-order valence-electron chi connectivity index (χ1n) is 6.28. The Labute approximate surface area is 144 Å². The van der Waals surface area contributed by atoms with Gasteiger partial charge in [0.15, 0.2) is 4.17 Å². The molecule has 1 aliphatic carbocycles. The number of carbonyl (C=O) groups is 1. The highest BCUT2D eigenvalue weighted by molar-refractivity contribution is 9.10. The lowest BCUT2D eigenvalue weighted by Crippen LogP contribution is -2.39. The number of halogens is 4. The summed E-state index contributed by atoms with van der Waals surface area (Å²) in [6, 6.07) is 6.46. The summed E-state index contributed by atoms with van der Waals surface area (Å²) < 4.78 is 15.5. The number of hydrogen-bond acceptors (Lipinski definition) is 3. The number of carbonyl (C=O) groups excluding carboxylic acids is 1. The molecule has 0 aromatic heterocycles. The van der Waals surface area contributed by atoms with Crippen molar-refractivity contribution in [3.8, 4) is 0 Å². The quantitative estimate of drug-likeness (QED) is 0.396. The zero-order valence-electron chi connectivity index (χ0n) is 10.6. The molecule has 2 fully saturated rings. The standard InChI is InChI=1S/C12H11BrCl2FN3OS/c13-8-3-5-9(6-4-8)17-10(7-1-2-7)19(21-11(14)15)18(16)12(17)20/h3-7,10-11H,1-2H2. The molecule has 0 N–H and O–H groups in total. The number of urea groups is 1. The van der Waals surface area contributed by atoms with Crippen molar-refractivity contribution < 1.29 is 9.28 Å². The van der Waals surface area contributed by atoms with Crippen LogP contribution in [-0.4, -0.2) is 26.0 Å². The third-order valence-corrected chi connectivity index (χ3v) is 5.11. The Hall–Kier alpha value is -0.210. The van der Waals surface area contributed by atoms with Gasteiger partial charge in [0.1, 0.15) is 6.17 Å². The largest absolute Gasteiger partial charge is 0.370 e. The molecule has 1 saturated carbocycles. The van der Waals surface area contributed by atoms with Crippen LogP contribution in [0.1, 0.15) is 12.8 Å². The van der Waals surface area contributed by atoms with E-state index in [4.69, 9.17) is 23.2 Å². The maximum atomic E-state index is 14.2. The van der Waals surface area contributed by atoms with Crippen LogP contribution >= 0.6 is 51.1 Å². The third-order valence-electron chi connectivity index (χ3n) is 3.36. The first kappa shape index (κ1) is 15.7. The third kappa shape index (κ3) is 3.12. The molecule has 3 rings (SSSR count). The summed E-state index contributed by atoms with van der Waals surface area (Å²) in [4.78, 5) is 13.7. The number of nitrogens with zero attached hydrogens (tertiary/aromatic N) is 3. The molecule has 1 aromatic rings. The molecule has 9 heteroatoms. The van der Waals surface area contributed by atoms with Gasteiger partial charge in [-0.3, -0.25) is 4.90 Å². The Morgan fingerprint density at radius 3 is 2.43 bits per heavy atom. The summed E-state index contributed by atoms with van der Waals surface area (Å²) in [5, 5.41) is 0.0907. The van der Waals surface area contributed by atoms with Gasteiger partial charge in [0.05, 0.1) is 0 Å². The van der Waals surface area contributed by atoms with Gasteiger partial charge in [-0.25, -0.2) is 4.79 Å². The van der Waals surface area contributed by atoms with Crippen LogP contribution in [0.5, 0.6) is 0 Å². The van der Waals surface area contributed by atoms with Crippen molar-refractivity contribution in [3.63, 3.8) is 0 Å². The van der Waals surface area contributed by atoms with Crippen molar-refractivity contribution in [2.45, 2.75) is 23.2 Å². The van der Waals surface area contributed by atoms with Gasteiger partial charge in [0.25, 0.3) is 0 Å². The minimum Gasteiger partial charge on any atom is -0.272 e. The van der Waals surface area contributed by atoms with E-state index in [1.54, 1.807) is 12.1 Å². The molecule has 1 aliphatic heterocycles. The summed E-state index contributed by atoms with van der Waals surface area (Å²) >= 11 is 15.7. The lowest BCUT2D eigenvalue weighted by atomic mass is 10.2. The van der Waals surface area contributed by atoms with E-state index in [0.717, 1.165) is 29.3 Å². The molecule has 114 valence electrons. The SMILES string of the molecule is O=C1N(c2ccc(Br)cc2)C(C2CC2)N(SC(Cl)Cl)N1F. The number of hydrogen-bond donors (Lipinski definition) is 0. The zero-order chi connectivity index (χ0) is 15.1. The lowest BCUT2D eigenvalue weighted by molar-refractivity contribution is -0.0485. The van der Waals surface area contributed by atoms with Crippen LogP contribution in [-0.2, 0) is 0 Å². The molecule has 0 radical (unpaired) electrons. The smallest absolute Gasteiger partial charge is 0.272 e. The summed E-state index contributed by atoms with van der Waals surface area (Å²) in [6.45, 7) is 0. The summed E-state index contributed by atoms with van der Waals surface area (Å²) in [7, 11) is 0. The summed E-state index contributed by atoms with van der Waals surface area (Å²) in [5.74, 6) is 0.220. The first-order chi connectivity index (χ1) is 9.99. The Balaban J connectivity index is 1.94. The van der Waals surface area contributed by atoms with Gasteiger partial charge >= 0.3 is 6.03 Å². The lowest BCUT2D eigenvalue weighted by Gasteiger charge is -2.27. The van der Waals surface area contributed by atoms with E-state index in [1.807, 2.05) is 12.1 Å². The molecule has 1 saturated heterocycles. The van der Waals surface area contributed by atoms with E-state index in [2.05, 4.69) is 15.9 Å². The molecule has 2 aliphatic rings. The molecule has 21 heavy (non-hydrogen) atoms. The van der Waals surface area contributed by atoms with Crippen molar-refractivity contribution in [2.75, 3.05) is 4.90 Å². The van der Waals surface area contributed by atoms with Gasteiger partial charge in [-0.1, -0.05) is 48.8 Å². The van der Waals surface area contributed by atoms with E-state index in [1.165, 1.54) is 9.31 Å². The van der Waals surface area contributed by atoms with E-state index in [9.17, 15) is 9.28 Å². The Morgan fingerprint density at radius 1 is 1.29 bits per heavy atom. The van der Waals surface area contributed by atoms with Gasteiger partial charge in [-0.15, -0.1) is 4.41 Å². The zero-order valence-corrected chi connectivity index (χ0v) is 14.5. The Morgan fingerprint density at radius 2 is 1.90 bits per heavy atom. The van der Waals surface area contributed by atoms with Crippen molar-refractivity contribution in [3.05, 3.63) is 28.7 Å². The predicted octanol–water partition coefficient (Wildman–Crippen LogP) is 4.94. The van der Waals surface area contributed by atoms with Crippen LogP contribution in [0.25, 0.3) is 0 Å². The number of benzene rings is 1. The second kappa shape index (κ2) is 6.12. The van der Waals surface area contributed by atoms with Crippen LogP contribution in [0.3, 0.4) is 0 Å². The molecule has 1 atom stereocenters. The van der Waals surface area contributed by atoms with Crippen LogP contribution in [0.2, 0.25) is 0 Å². The Kier molecular flexibility index (Phi) is 4.57. The highest BCUT2D eigenvalue weighted by Crippen LogP contribution is 2.46. The van der Waals surface area contributed by atoms with Crippen molar-refractivity contribution >= 4 is 62.8 Å². The monoisotopic (exact) mass is 413 g/mol. The predicted molar refractivity (Wildman–Crippen MR) is 86.4 cm³/mol. The highest BCUT2D eigenvalue weighted by Gasteiger charge is 2.53. The number of rotatable bonds is 4. The highest BCUT2D eigenvalue weighted by atomic mass is 79.9. The van der Waals surface area contributed by atoms with E-state index < -0.39 is 16.4 Å². The van der Waals surface area contributed by atoms with Crippen LogP contribution in [0.4, 0.5) is 15.0 Å². The maximum absolute atomic E-state index is 14.2. The van der Waals surface area contributed by atoms with Crippen LogP contribution < -0.4 is 4.90 Å². The van der Waals surface area contributed by atoms with Gasteiger partial charge in [0.2, 0.25) is 0 Å². The van der Waals surface area contributed by atoms with Crippen molar-refractivity contribution in [1.82, 2.24) is 9.65 Å². The molecule has 0 bridgehead atoms. The summed E-state index contributed by atoms with van der Waals surface area (Å²) in [6.07, 6.45) is 1.49. The van der Waals surface area contributed by atoms with E-state index in [0.29, 0.717) is 5.69 Å². The van der Waals surface area contributed by atoms with Crippen molar-refractivity contribution in [1.29, 1.82) is 0 Å². The second-order valence-electron chi connectivity index (χ2n) is 4.81. The molecular formula is C12H11BrCl2FN3OS. The minimum absolute atomic E-state index is 0.0907. The van der Waals surface area contributed by atoms with Gasteiger partial charge < -0.3 is 0 Å². The number of amides is 2. The minimum atomic E-state index is -0.845. The van der Waals surface area contributed by atoms with Gasteiger partial charge in [-0.05, 0) is 55.0 Å². The molecule has 1 unspecified atom stereocenters. The number of alkyl halides is 2. The molecule has 4 nitrogen and oxygen atoms in total. The van der Waals surface area contributed by atoms with Gasteiger partial charge in [-0.2, -0.15) is 0 Å². The normalized spacial score (nSPS) is 23.5. The van der Waals surface area contributed by atoms with E-state index >= 15 is 0 Å². The number of anilines is 1. The second-order valence-corrected chi connectivity index (χ2v) is 8.39. The Bertz CT molecular complexity index is 546. The maximum Gasteiger partial charge on any atom is 0.370 e. The average Bonchev–Trinajstić information content (AvgIpc) is 3.23. The van der Waals surface area contributed by atoms with Crippen LogP contribution in [0.15, 0.2) is 28.7 Å². The average molecular weight is 415 g/mol. The topological polar surface area (TPSA) is 26.8 Å². The van der Waals surface area contributed by atoms with Gasteiger partial charge in [0, 0.05) is 10.2 Å². The first-order valence-corrected chi connectivity index (χ1v) is 8.78. The van der Waals surface area contributed by atoms with Crippen molar-refractivity contribution in [2.24, 2.45) is 5.92 Å². The molecule has 0 spiro atoms. The number of hydrazine groups is 1. The molecule has 1 heterocycles. The molecule has 1 aromatic carbocycles. The van der Waals surface area contributed by atoms with E-state index in [-0.39, 0.29) is 11.1 Å². The fraction of sp³-hybridized carbons (Fsp3) is 0.417. The molecule has 2 amide bonds. The fourth-order valence-electron chi connectivity index (χ4n) is 2.32. The molecular weight excluding hydrogens is 404 g/mol. The summed E-state index contributed by atoms with van der Waals surface area (Å²) in [5.41, 5.74) is 0.645. The van der Waals surface area contributed by atoms with Crippen LogP contribution in [0, 0.1) is 5.92 Å². The fourth-order valence-corrected chi connectivity index (χ4v) is 3.79.